The number of methoxy groups -OCH3 is 1. The molecule has 0 fully saturated rings. The number of ether oxygens (including phenoxy) is 1. The van der Waals surface area contributed by atoms with E-state index in [1.807, 2.05) is 16.0 Å². The molecule has 2 aromatic carbocycles. The quantitative estimate of drug-likeness (QED) is 0.496. The van der Waals surface area contributed by atoms with Gasteiger partial charge in [-0.05, 0) is 42.5 Å². The number of carbonyl (C=O) groups excluding carboxylic acids is 1. The summed E-state index contributed by atoms with van der Waals surface area (Å²) in [6.07, 6.45) is 2.01. The van der Waals surface area contributed by atoms with E-state index in [-0.39, 0.29) is 18.1 Å². The topological polar surface area (TPSA) is 55.6 Å². The Bertz CT molecular complexity index is 1150. The molecule has 2 aromatic heterocycles. The smallest absolute Gasteiger partial charge is 0.230 e. The fourth-order valence-electron chi connectivity index (χ4n) is 2.85. The minimum absolute atomic E-state index is 0.162. The summed E-state index contributed by atoms with van der Waals surface area (Å²) in [6, 6.07) is 11.2. The van der Waals surface area contributed by atoms with Crippen LogP contribution in [0.5, 0.6) is 5.75 Å². The highest BCUT2D eigenvalue weighted by Crippen LogP contribution is 2.28. The Kier molecular flexibility index (Phi) is 5.02. The Balaban J connectivity index is 1.56. The van der Waals surface area contributed by atoms with Crippen molar-refractivity contribution in [3.63, 3.8) is 0 Å². The van der Waals surface area contributed by atoms with E-state index >= 15 is 0 Å². The lowest BCUT2D eigenvalue weighted by Gasteiger charge is -2.10. The maximum atomic E-state index is 13.1. The van der Waals surface area contributed by atoms with Gasteiger partial charge in [0.2, 0.25) is 5.91 Å². The number of amides is 1. The summed E-state index contributed by atoms with van der Waals surface area (Å²) in [5.74, 6) is 0.0466. The van der Waals surface area contributed by atoms with Gasteiger partial charge >= 0.3 is 0 Å². The van der Waals surface area contributed by atoms with Crippen LogP contribution in [0.3, 0.4) is 0 Å². The lowest BCUT2D eigenvalue weighted by Crippen LogP contribution is -2.15. The number of imidazole rings is 1. The first-order chi connectivity index (χ1) is 13.5. The van der Waals surface area contributed by atoms with Crippen LogP contribution >= 0.6 is 22.9 Å². The normalized spacial score (nSPS) is 11.0. The highest BCUT2D eigenvalue weighted by atomic mass is 35.5. The second-order valence-corrected chi connectivity index (χ2v) is 7.36. The predicted octanol–water partition coefficient (Wildman–Crippen LogP) is 5.05. The standard InChI is InChI=1S/C20H15ClFN3O2S/c1-27-18-7-4-13(21)8-16(18)23-19(26)9-15-11-28-20-24-17(10-25(15)20)12-2-5-14(22)6-3-12/h2-8,10-11H,9H2,1H3,(H,23,26). The molecule has 0 aliphatic carbocycles. The van der Waals surface area contributed by atoms with Gasteiger partial charge in [-0.15, -0.1) is 11.3 Å². The first-order valence-corrected chi connectivity index (χ1v) is 9.64. The average Bonchev–Trinajstić information content (AvgIpc) is 3.24. The number of benzene rings is 2. The first-order valence-electron chi connectivity index (χ1n) is 8.38. The van der Waals surface area contributed by atoms with Gasteiger partial charge in [0.25, 0.3) is 0 Å². The van der Waals surface area contributed by atoms with Crippen molar-refractivity contribution in [2.24, 2.45) is 0 Å². The summed E-state index contributed by atoms with van der Waals surface area (Å²) >= 11 is 7.45. The predicted molar refractivity (Wildman–Crippen MR) is 109 cm³/mol. The number of halogens is 2. The molecule has 5 nitrogen and oxygen atoms in total. The number of hydrogen-bond donors (Lipinski definition) is 1. The van der Waals surface area contributed by atoms with Gasteiger partial charge in [0, 0.05) is 27.9 Å². The van der Waals surface area contributed by atoms with Crippen LogP contribution in [0.4, 0.5) is 10.1 Å². The van der Waals surface area contributed by atoms with E-state index < -0.39 is 0 Å². The molecule has 0 radical (unpaired) electrons. The van der Waals surface area contributed by atoms with Gasteiger partial charge < -0.3 is 10.1 Å². The number of thiazole rings is 1. The zero-order chi connectivity index (χ0) is 19.7. The molecule has 0 spiro atoms. The fourth-order valence-corrected chi connectivity index (χ4v) is 3.90. The van der Waals surface area contributed by atoms with E-state index in [2.05, 4.69) is 10.3 Å². The first kappa shape index (κ1) is 18.5. The summed E-state index contributed by atoms with van der Waals surface area (Å²) < 4.78 is 20.3. The van der Waals surface area contributed by atoms with Crippen molar-refractivity contribution >= 4 is 39.5 Å². The molecule has 142 valence electrons. The summed E-state index contributed by atoms with van der Waals surface area (Å²) in [4.78, 5) is 17.9. The van der Waals surface area contributed by atoms with Crippen LogP contribution in [-0.2, 0) is 11.2 Å². The minimum Gasteiger partial charge on any atom is -0.495 e. The number of rotatable bonds is 5. The van der Waals surface area contributed by atoms with Crippen LogP contribution in [0.1, 0.15) is 5.69 Å². The molecule has 4 rings (SSSR count). The second-order valence-electron chi connectivity index (χ2n) is 6.08. The van der Waals surface area contributed by atoms with Crippen molar-refractivity contribution in [3.05, 3.63) is 70.6 Å². The van der Waals surface area contributed by atoms with Crippen LogP contribution in [0.15, 0.2) is 54.0 Å². The Hall–Kier alpha value is -2.90. The van der Waals surface area contributed by atoms with Gasteiger partial charge in [-0.25, -0.2) is 9.37 Å². The molecule has 28 heavy (non-hydrogen) atoms. The monoisotopic (exact) mass is 415 g/mol. The van der Waals surface area contributed by atoms with Crippen molar-refractivity contribution in [2.45, 2.75) is 6.42 Å². The van der Waals surface area contributed by atoms with E-state index in [1.54, 1.807) is 30.3 Å². The molecular formula is C20H15ClFN3O2S. The molecule has 4 aromatic rings. The van der Waals surface area contributed by atoms with Crippen molar-refractivity contribution < 1.29 is 13.9 Å². The van der Waals surface area contributed by atoms with Crippen LogP contribution in [0.25, 0.3) is 16.2 Å². The van der Waals surface area contributed by atoms with Crippen molar-refractivity contribution in [3.8, 4) is 17.0 Å². The van der Waals surface area contributed by atoms with Crippen LogP contribution < -0.4 is 10.1 Å². The number of carbonyl (C=O) groups is 1. The molecule has 0 saturated heterocycles. The Labute approximate surface area is 169 Å². The largest absolute Gasteiger partial charge is 0.495 e. The summed E-state index contributed by atoms with van der Waals surface area (Å²) in [5, 5.41) is 5.23. The lowest BCUT2D eigenvalue weighted by molar-refractivity contribution is -0.115. The van der Waals surface area contributed by atoms with E-state index in [0.29, 0.717) is 16.5 Å². The van der Waals surface area contributed by atoms with Gasteiger partial charge in [0.1, 0.15) is 11.6 Å². The second kappa shape index (κ2) is 7.61. The van der Waals surface area contributed by atoms with Crippen molar-refractivity contribution in [1.29, 1.82) is 0 Å². The SMILES string of the molecule is COc1ccc(Cl)cc1NC(=O)Cc1csc2nc(-c3ccc(F)cc3)cn12. The van der Waals surface area contributed by atoms with Gasteiger partial charge in [-0.2, -0.15) is 0 Å². The summed E-state index contributed by atoms with van der Waals surface area (Å²) in [5.41, 5.74) is 2.87. The minimum atomic E-state index is -0.293. The molecular weight excluding hydrogens is 401 g/mol. The van der Waals surface area contributed by atoms with Gasteiger partial charge in [-0.1, -0.05) is 11.6 Å². The molecule has 1 amide bonds. The third-order valence-electron chi connectivity index (χ3n) is 4.20. The molecule has 0 aliphatic rings. The molecule has 0 bridgehead atoms. The molecule has 0 unspecified atom stereocenters. The van der Waals surface area contributed by atoms with Gasteiger partial charge in [0.15, 0.2) is 4.96 Å². The molecule has 0 aliphatic heterocycles. The molecule has 1 N–H and O–H groups in total. The van der Waals surface area contributed by atoms with E-state index in [0.717, 1.165) is 21.9 Å². The van der Waals surface area contributed by atoms with Crippen LogP contribution in [0, 0.1) is 5.82 Å². The molecule has 0 saturated carbocycles. The number of nitrogens with one attached hydrogen (secondary N) is 1. The molecule has 2 heterocycles. The maximum absolute atomic E-state index is 13.1. The lowest BCUT2D eigenvalue weighted by atomic mass is 10.2. The fraction of sp³-hybridized carbons (Fsp3) is 0.100. The molecule has 8 heteroatoms. The molecule has 0 atom stereocenters. The van der Waals surface area contributed by atoms with Gasteiger partial charge in [-0.3, -0.25) is 9.20 Å². The Morgan fingerprint density at radius 2 is 2.07 bits per heavy atom. The third kappa shape index (κ3) is 3.72. The van der Waals surface area contributed by atoms with Crippen LogP contribution in [-0.4, -0.2) is 22.4 Å². The summed E-state index contributed by atoms with van der Waals surface area (Å²) in [7, 11) is 1.53. The zero-order valence-corrected chi connectivity index (χ0v) is 16.4. The van der Waals surface area contributed by atoms with Crippen LogP contribution in [0.2, 0.25) is 5.02 Å². The number of aromatic nitrogens is 2. The maximum Gasteiger partial charge on any atom is 0.230 e. The van der Waals surface area contributed by atoms with Crippen molar-refractivity contribution in [1.82, 2.24) is 9.38 Å². The average molecular weight is 416 g/mol. The number of nitrogens with zero attached hydrogens (tertiary/aromatic N) is 2. The van der Waals surface area contributed by atoms with E-state index in [9.17, 15) is 9.18 Å². The highest BCUT2D eigenvalue weighted by molar-refractivity contribution is 7.15. The number of fused-ring (bicyclic) bond motifs is 1. The number of hydrogen-bond acceptors (Lipinski definition) is 4. The Morgan fingerprint density at radius 3 is 2.82 bits per heavy atom. The van der Waals surface area contributed by atoms with E-state index in [1.165, 1.54) is 30.6 Å². The van der Waals surface area contributed by atoms with Crippen molar-refractivity contribution in [2.75, 3.05) is 12.4 Å². The zero-order valence-electron chi connectivity index (χ0n) is 14.8. The Morgan fingerprint density at radius 1 is 1.29 bits per heavy atom. The highest BCUT2D eigenvalue weighted by Gasteiger charge is 2.14. The van der Waals surface area contributed by atoms with E-state index in [4.69, 9.17) is 16.3 Å². The third-order valence-corrected chi connectivity index (χ3v) is 5.32. The van der Waals surface area contributed by atoms with Gasteiger partial charge in [0.05, 0.1) is 24.9 Å². The summed E-state index contributed by atoms with van der Waals surface area (Å²) in [6.45, 7) is 0. The number of anilines is 1.